The van der Waals surface area contributed by atoms with Gasteiger partial charge < -0.3 is 10.1 Å². The van der Waals surface area contributed by atoms with Crippen LogP contribution in [-0.2, 0) is 0 Å². The van der Waals surface area contributed by atoms with Crippen molar-refractivity contribution in [2.75, 3.05) is 19.7 Å². The summed E-state index contributed by atoms with van der Waals surface area (Å²) in [4.78, 5) is 13.0. The van der Waals surface area contributed by atoms with E-state index in [2.05, 4.69) is 12.2 Å². The summed E-state index contributed by atoms with van der Waals surface area (Å²) in [6, 6.07) is 7.64. The summed E-state index contributed by atoms with van der Waals surface area (Å²) in [6.45, 7) is 6.63. The van der Waals surface area contributed by atoms with Gasteiger partial charge in [0.15, 0.2) is 5.78 Å². The maximum absolute atomic E-state index is 13.0. The van der Waals surface area contributed by atoms with Crippen molar-refractivity contribution in [3.8, 4) is 5.75 Å². The van der Waals surface area contributed by atoms with Crippen molar-refractivity contribution in [1.82, 2.24) is 5.32 Å². The Morgan fingerprint density at radius 2 is 2.05 bits per heavy atom. The molecule has 0 radical (unpaired) electrons. The van der Waals surface area contributed by atoms with Gasteiger partial charge in [0.1, 0.15) is 5.75 Å². The van der Waals surface area contributed by atoms with Crippen LogP contribution in [0.15, 0.2) is 24.3 Å². The Bertz CT molecular complexity index is 445. The molecular weight excluding hydrogens is 250 g/mol. The summed E-state index contributed by atoms with van der Waals surface area (Å²) in [7, 11) is 0. The molecule has 1 aliphatic rings. The first-order valence-electron chi connectivity index (χ1n) is 7.70. The molecule has 0 spiro atoms. The van der Waals surface area contributed by atoms with Gasteiger partial charge in [0.2, 0.25) is 0 Å². The molecule has 0 unspecified atom stereocenters. The molecule has 20 heavy (non-hydrogen) atoms. The number of hydrogen-bond donors (Lipinski definition) is 1. The Kier molecular flexibility index (Phi) is 5.18. The number of hydrogen-bond acceptors (Lipinski definition) is 3. The second kappa shape index (κ2) is 6.89. The van der Waals surface area contributed by atoms with Gasteiger partial charge in [-0.15, -0.1) is 0 Å². The second-order valence-corrected chi connectivity index (χ2v) is 5.57. The van der Waals surface area contributed by atoms with Crippen molar-refractivity contribution >= 4 is 5.78 Å². The topological polar surface area (TPSA) is 38.3 Å². The van der Waals surface area contributed by atoms with Crippen LogP contribution < -0.4 is 10.1 Å². The summed E-state index contributed by atoms with van der Waals surface area (Å²) in [5, 5.41) is 3.36. The fourth-order valence-electron chi connectivity index (χ4n) is 3.17. The van der Waals surface area contributed by atoms with Crippen LogP contribution >= 0.6 is 0 Å². The minimum Gasteiger partial charge on any atom is -0.494 e. The average Bonchev–Trinajstić information content (AvgIpc) is 2.48. The highest BCUT2D eigenvalue weighted by atomic mass is 16.5. The first-order chi connectivity index (χ1) is 9.72. The third-order valence-corrected chi connectivity index (χ3v) is 4.18. The first-order valence-corrected chi connectivity index (χ1v) is 7.70. The fraction of sp³-hybridized carbons (Fsp3) is 0.588. The second-order valence-electron chi connectivity index (χ2n) is 5.57. The normalized spacial score (nSPS) is 17.7. The van der Waals surface area contributed by atoms with E-state index in [0.717, 1.165) is 50.1 Å². The van der Waals surface area contributed by atoms with E-state index in [1.807, 2.05) is 31.2 Å². The summed E-state index contributed by atoms with van der Waals surface area (Å²) in [5.74, 6) is 1.08. The smallest absolute Gasteiger partial charge is 0.169 e. The maximum Gasteiger partial charge on any atom is 0.169 e. The quantitative estimate of drug-likeness (QED) is 0.808. The minimum absolute atomic E-state index is 0.176. The standard InChI is InChI=1S/C17H25NO2/c1-3-8-17(9-11-18-12-10-17)16(19)14-6-5-7-15(13-14)20-4-2/h5-7,13,18H,3-4,8-12H2,1-2H3. The van der Waals surface area contributed by atoms with Crippen LogP contribution in [0.3, 0.4) is 0 Å². The molecule has 0 aliphatic carbocycles. The molecule has 0 saturated carbocycles. The molecular formula is C17H25NO2. The van der Waals surface area contributed by atoms with Crippen LogP contribution in [0, 0.1) is 5.41 Å². The van der Waals surface area contributed by atoms with Gasteiger partial charge in [-0.05, 0) is 51.4 Å². The number of ketones is 1. The minimum atomic E-state index is -0.176. The van der Waals surface area contributed by atoms with Gasteiger partial charge in [-0.25, -0.2) is 0 Å². The van der Waals surface area contributed by atoms with Crippen LogP contribution in [0.2, 0.25) is 0 Å². The number of nitrogens with one attached hydrogen (secondary N) is 1. The van der Waals surface area contributed by atoms with E-state index in [1.54, 1.807) is 0 Å². The zero-order valence-corrected chi connectivity index (χ0v) is 12.6. The fourth-order valence-corrected chi connectivity index (χ4v) is 3.17. The largest absolute Gasteiger partial charge is 0.494 e. The van der Waals surface area contributed by atoms with Crippen LogP contribution in [0.25, 0.3) is 0 Å². The highest BCUT2D eigenvalue weighted by Gasteiger charge is 2.38. The van der Waals surface area contributed by atoms with E-state index in [-0.39, 0.29) is 5.41 Å². The zero-order chi connectivity index (χ0) is 14.4. The van der Waals surface area contributed by atoms with E-state index in [1.165, 1.54) is 0 Å². The molecule has 1 saturated heterocycles. The summed E-state index contributed by atoms with van der Waals surface area (Å²) in [5.41, 5.74) is 0.622. The highest BCUT2D eigenvalue weighted by Crippen LogP contribution is 2.38. The molecule has 1 aromatic rings. The molecule has 0 amide bonds. The molecule has 1 fully saturated rings. The lowest BCUT2D eigenvalue weighted by molar-refractivity contribution is 0.0704. The Morgan fingerprint density at radius 3 is 2.70 bits per heavy atom. The average molecular weight is 275 g/mol. The predicted octanol–water partition coefficient (Wildman–Crippen LogP) is 3.44. The van der Waals surface area contributed by atoms with Crippen LogP contribution in [0.1, 0.15) is 49.9 Å². The maximum atomic E-state index is 13.0. The molecule has 3 heteroatoms. The summed E-state index contributed by atoms with van der Waals surface area (Å²) < 4.78 is 5.51. The van der Waals surface area contributed by atoms with E-state index in [0.29, 0.717) is 12.4 Å². The highest BCUT2D eigenvalue weighted by molar-refractivity contribution is 6.00. The third kappa shape index (κ3) is 3.21. The monoisotopic (exact) mass is 275 g/mol. The molecule has 1 heterocycles. The van der Waals surface area contributed by atoms with Crippen molar-refractivity contribution in [1.29, 1.82) is 0 Å². The SMILES string of the molecule is CCCC1(C(=O)c2cccc(OCC)c2)CCNCC1. The number of rotatable bonds is 6. The lowest BCUT2D eigenvalue weighted by Crippen LogP contribution is -2.42. The first kappa shape index (κ1) is 15.0. The molecule has 1 N–H and O–H groups in total. The van der Waals surface area contributed by atoms with Crippen molar-refractivity contribution in [3.63, 3.8) is 0 Å². The molecule has 0 bridgehead atoms. The van der Waals surface area contributed by atoms with Gasteiger partial charge in [-0.1, -0.05) is 25.5 Å². The molecule has 1 aliphatic heterocycles. The van der Waals surface area contributed by atoms with Gasteiger partial charge in [0.05, 0.1) is 6.61 Å². The molecule has 0 aromatic heterocycles. The number of benzene rings is 1. The lowest BCUT2D eigenvalue weighted by Gasteiger charge is -2.36. The zero-order valence-electron chi connectivity index (χ0n) is 12.6. The number of ether oxygens (including phenoxy) is 1. The predicted molar refractivity (Wildman–Crippen MR) is 81.4 cm³/mol. The van der Waals surface area contributed by atoms with E-state index in [4.69, 9.17) is 4.74 Å². The summed E-state index contributed by atoms with van der Waals surface area (Å²) >= 11 is 0. The van der Waals surface area contributed by atoms with Gasteiger partial charge in [0.25, 0.3) is 0 Å². The third-order valence-electron chi connectivity index (χ3n) is 4.18. The molecule has 1 aromatic carbocycles. The van der Waals surface area contributed by atoms with Gasteiger partial charge in [-0.3, -0.25) is 4.79 Å². The Morgan fingerprint density at radius 1 is 1.30 bits per heavy atom. The van der Waals surface area contributed by atoms with Crippen molar-refractivity contribution in [3.05, 3.63) is 29.8 Å². The van der Waals surface area contributed by atoms with E-state index >= 15 is 0 Å². The van der Waals surface area contributed by atoms with E-state index in [9.17, 15) is 4.79 Å². The van der Waals surface area contributed by atoms with Crippen LogP contribution in [0.5, 0.6) is 5.75 Å². The number of carbonyl (C=O) groups is 1. The molecule has 2 rings (SSSR count). The Hall–Kier alpha value is -1.35. The summed E-state index contributed by atoms with van der Waals surface area (Å²) in [6.07, 6.45) is 3.92. The van der Waals surface area contributed by atoms with Gasteiger partial charge >= 0.3 is 0 Å². The Labute approximate surface area is 121 Å². The molecule has 0 atom stereocenters. The van der Waals surface area contributed by atoms with Crippen LogP contribution in [0.4, 0.5) is 0 Å². The van der Waals surface area contributed by atoms with Crippen molar-refractivity contribution in [2.24, 2.45) is 5.41 Å². The van der Waals surface area contributed by atoms with Crippen LogP contribution in [-0.4, -0.2) is 25.5 Å². The molecule has 3 nitrogen and oxygen atoms in total. The van der Waals surface area contributed by atoms with Crippen molar-refractivity contribution < 1.29 is 9.53 Å². The van der Waals surface area contributed by atoms with Crippen molar-refractivity contribution in [2.45, 2.75) is 39.5 Å². The molecule has 110 valence electrons. The van der Waals surface area contributed by atoms with Gasteiger partial charge in [0, 0.05) is 11.0 Å². The van der Waals surface area contributed by atoms with E-state index < -0.39 is 0 Å². The Balaban J connectivity index is 2.24. The number of carbonyl (C=O) groups excluding carboxylic acids is 1. The number of Topliss-reactive ketones (excluding diaryl/α,β-unsaturated/α-hetero) is 1. The van der Waals surface area contributed by atoms with Gasteiger partial charge in [-0.2, -0.15) is 0 Å². The lowest BCUT2D eigenvalue weighted by atomic mass is 9.70. The number of piperidine rings is 1.